The van der Waals surface area contributed by atoms with Crippen molar-refractivity contribution >= 4 is 11.6 Å². The second-order valence-electron chi connectivity index (χ2n) is 6.64. The van der Waals surface area contributed by atoms with Gasteiger partial charge in [-0.1, -0.05) is 0 Å². The molecule has 0 radical (unpaired) electrons. The monoisotopic (exact) mass is 298 g/mol. The summed E-state index contributed by atoms with van der Waals surface area (Å²) in [5.41, 5.74) is 2.57. The molecule has 2 aliphatic heterocycles. The summed E-state index contributed by atoms with van der Waals surface area (Å²) in [4.78, 5) is 19.3. The second kappa shape index (κ2) is 5.39. The Morgan fingerprint density at radius 2 is 2.00 bits per heavy atom. The molecule has 5 heteroatoms. The average Bonchev–Trinajstić information content (AvgIpc) is 3.08. The minimum Gasteiger partial charge on any atom is -0.337 e. The molecule has 2 fully saturated rings. The van der Waals surface area contributed by atoms with Crippen LogP contribution in [0.4, 0.5) is 0 Å². The molecule has 0 bridgehead atoms. The first kappa shape index (κ1) is 13.8. The maximum absolute atomic E-state index is 12.8. The largest absolute Gasteiger partial charge is 0.337 e. The number of aromatic nitrogens is 2. The lowest BCUT2D eigenvalue weighted by atomic mass is 9.92. The molecule has 1 N–H and O–H groups in total. The van der Waals surface area contributed by atoms with Gasteiger partial charge in [-0.2, -0.15) is 0 Å². The molecular formula is C17H22N4O. The van der Waals surface area contributed by atoms with Crippen LogP contribution in [0.1, 0.15) is 28.9 Å². The number of nitrogens with zero attached hydrogens (tertiary/aromatic N) is 3. The summed E-state index contributed by atoms with van der Waals surface area (Å²) < 4.78 is 1.93. The summed E-state index contributed by atoms with van der Waals surface area (Å²) in [6.07, 6.45) is 6.03. The predicted octanol–water partition coefficient (Wildman–Crippen LogP) is 1.71. The molecule has 2 saturated heterocycles. The number of amides is 1. The van der Waals surface area contributed by atoms with Crippen molar-refractivity contribution in [1.29, 1.82) is 0 Å². The molecule has 5 nitrogen and oxygen atoms in total. The third-order valence-corrected chi connectivity index (χ3v) is 5.14. The van der Waals surface area contributed by atoms with Crippen LogP contribution in [0.5, 0.6) is 0 Å². The van der Waals surface area contributed by atoms with E-state index in [-0.39, 0.29) is 5.91 Å². The highest BCUT2D eigenvalue weighted by Gasteiger charge is 2.32. The van der Waals surface area contributed by atoms with E-state index in [0.717, 1.165) is 62.1 Å². The van der Waals surface area contributed by atoms with Crippen LogP contribution in [0.15, 0.2) is 24.5 Å². The topological polar surface area (TPSA) is 49.6 Å². The van der Waals surface area contributed by atoms with E-state index in [1.165, 1.54) is 0 Å². The molecule has 0 aromatic carbocycles. The number of pyridine rings is 1. The van der Waals surface area contributed by atoms with Gasteiger partial charge in [-0.15, -0.1) is 0 Å². The van der Waals surface area contributed by atoms with Crippen LogP contribution in [0.2, 0.25) is 0 Å². The Bertz CT molecular complexity index is 694. The first-order chi connectivity index (χ1) is 10.7. The number of likely N-dealkylation sites (tertiary alicyclic amines) is 1. The minimum absolute atomic E-state index is 0.0780. The molecule has 4 rings (SSSR count). The molecule has 116 valence electrons. The van der Waals surface area contributed by atoms with Crippen LogP contribution in [-0.2, 0) is 0 Å². The third kappa shape index (κ3) is 2.39. The predicted molar refractivity (Wildman–Crippen MR) is 84.9 cm³/mol. The average molecular weight is 298 g/mol. The Balaban J connectivity index is 1.54. The van der Waals surface area contributed by atoms with Gasteiger partial charge in [-0.05, 0) is 62.4 Å². The minimum atomic E-state index is 0.0780. The van der Waals surface area contributed by atoms with Crippen molar-refractivity contribution < 1.29 is 4.79 Å². The van der Waals surface area contributed by atoms with E-state index < -0.39 is 0 Å². The normalized spacial score (nSPS) is 25.2. The van der Waals surface area contributed by atoms with Crippen LogP contribution < -0.4 is 5.32 Å². The molecule has 2 atom stereocenters. The fourth-order valence-corrected chi connectivity index (χ4v) is 3.77. The molecule has 0 aliphatic carbocycles. The Morgan fingerprint density at radius 3 is 2.73 bits per heavy atom. The van der Waals surface area contributed by atoms with Gasteiger partial charge in [0.05, 0.1) is 0 Å². The van der Waals surface area contributed by atoms with Gasteiger partial charge in [0, 0.05) is 25.5 Å². The van der Waals surface area contributed by atoms with Gasteiger partial charge in [-0.25, -0.2) is 4.98 Å². The van der Waals surface area contributed by atoms with E-state index in [2.05, 4.69) is 10.3 Å². The molecule has 22 heavy (non-hydrogen) atoms. The van der Waals surface area contributed by atoms with Crippen molar-refractivity contribution in [2.24, 2.45) is 11.8 Å². The Morgan fingerprint density at radius 1 is 1.27 bits per heavy atom. The SMILES string of the molecule is Cc1ccn2cc(C(=O)N3CC[C@@H]4CNC[C@@H]4CC3)nc2c1. The van der Waals surface area contributed by atoms with Gasteiger partial charge in [0.25, 0.3) is 5.91 Å². The number of fused-ring (bicyclic) bond motifs is 2. The van der Waals surface area contributed by atoms with Crippen molar-refractivity contribution in [3.63, 3.8) is 0 Å². The fourth-order valence-electron chi connectivity index (χ4n) is 3.77. The third-order valence-electron chi connectivity index (χ3n) is 5.14. The number of rotatable bonds is 1. The lowest BCUT2D eigenvalue weighted by Gasteiger charge is -2.19. The number of carbonyl (C=O) groups is 1. The smallest absolute Gasteiger partial charge is 0.274 e. The number of hydrogen-bond donors (Lipinski definition) is 1. The van der Waals surface area contributed by atoms with Gasteiger partial charge in [0.15, 0.2) is 0 Å². The zero-order chi connectivity index (χ0) is 15.1. The lowest BCUT2D eigenvalue weighted by Crippen LogP contribution is -2.33. The fraction of sp³-hybridized carbons (Fsp3) is 0.529. The van der Waals surface area contributed by atoms with E-state index in [1.54, 1.807) is 0 Å². The number of imidazole rings is 1. The molecule has 2 aliphatic rings. The Labute approximate surface area is 130 Å². The van der Waals surface area contributed by atoms with E-state index in [1.807, 2.05) is 40.8 Å². The highest BCUT2D eigenvalue weighted by Crippen LogP contribution is 2.27. The van der Waals surface area contributed by atoms with Gasteiger partial charge in [0.2, 0.25) is 0 Å². The zero-order valence-corrected chi connectivity index (χ0v) is 13.0. The second-order valence-corrected chi connectivity index (χ2v) is 6.64. The first-order valence-electron chi connectivity index (χ1n) is 8.16. The van der Waals surface area contributed by atoms with Crippen LogP contribution in [0.3, 0.4) is 0 Å². The number of nitrogens with one attached hydrogen (secondary N) is 1. The van der Waals surface area contributed by atoms with Gasteiger partial charge < -0.3 is 14.6 Å². The number of aryl methyl sites for hydroxylation is 1. The maximum Gasteiger partial charge on any atom is 0.274 e. The van der Waals surface area contributed by atoms with Crippen LogP contribution in [0, 0.1) is 18.8 Å². The van der Waals surface area contributed by atoms with Crippen LogP contribution in [-0.4, -0.2) is 46.4 Å². The Kier molecular flexibility index (Phi) is 3.37. The highest BCUT2D eigenvalue weighted by atomic mass is 16.2. The number of carbonyl (C=O) groups excluding carboxylic acids is 1. The van der Waals surface area contributed by atoms with Crippen molar-refractivity contribution in [3.8, 4) is 0 Å². The van der Waals surface area contributed by atoms with Crippen molar-refractivity contribution in [3.05, 3.63) is 35.8 Å². The van der Waals surface area contributed by atoms with Gasteiger partial charge in [0.1, 0.15) is 11.3 Å². The molecule has 0 saturated carbocycles. The lowest BCUT2D eigenvalue weighted by molar-refractivity contribution is 0.0753. The highest BCUT2D eigenvalue weighted by molar-refractivity contribution is 5.93. The summed E-state index contributed by atoms with van der Waals surface area (Å²) in [6, 6.07) is 4.04. The first-order valence-corrected chi connectivity index (χ1v) is 8.16. The van der Waals surface area contributed by atoms with Gasteiger partial charge in [-0.3, -0.25) is 4.79 Å². The molecule has 1 amide bonds. The molecular weight excluding hydrogens is 276 g/mol. The molecule has 0 spiro atoms. The number of hydrogen-bond acceptors (Lipinski definition) is 3. The van der Waals surface area contributed by atoms with Crippen molar-refractivity contribution in [1.82, 2.24) is 19.6 Å². The molecule has 4 heterocycles. The summed E-state index contributed by atoms with van der Waals surface area (Å²) >= 11 is 0. The van der Waals surface area contributed by atoms with Gasteiger partial charge >= 0.3 is 0 Å². The van der Waals surface area contributed by atoms with E-state index in [9.17, 15) is 4.79 Å². The maximum atomic E-state index is 12.8. The van der Waals surface area contributed by atoms with E-state index in [0.29, 0.717) is 5.69 Å². The summed E-state index contributed by atoms with van der Waals surface area (Å²) in [7, 11) is 0. The van der Waals surface area contributed by atoms with E-state index >= 15 is 0 Å². The van der Waals surface area contributed by atoms with Crippen molar-refractivity contribution in [2.75, 3.05) is 26.2 Å². The standard InChI is InChI=1S/C17H22N4O/c1-12-2-5-21-11-15(19-16(21)8-12)17(22)20-6-3-13-9-18-10-14(13)4-7-20/h2,5,8,11,13-14,18H,3-4,6-7,9-10H2,1H3/t13-,14+. The summed E-state index contributed by atoms with van der Waals surface area (Å²) in [6.45, 7) is 5.97. The van der Waals surface area contributed by atoms with Crippen LogP contribution in [0.25, 0.3) is 5.65 Å². The summed E-state index contributed by atoms with van der Waals surface area (Å²) in [5, 5.41) is 3.47. The molecule has 2 aromatic rings. The quantitative estimate of drug-likeness (QED) is 0.872. The zero-order valence-electron chi connectivity index (χ0n) is 13.0. The Hall–Kier alpha value is -1.88. The van der Waals surface area contributed by atoms with E-state index in [4.69, 9.17) is 0 Å². The molecule has 0 unspecified atom stereocenters. The summed E-state index contributed by atoms with van der Waals surface area (Å²) in [5.74, 6) is 1.55. The van der Waals surface area contributed by atoms with Crippen molar-refractivity contribution in [2.45, 2.75) is 19.8 Å². The molecule has 2 aromatic heterocycles. The van der Waals surface area contributed by atoms with Crippen LogP contribution >= 0.6 is 0 Å².